The van der Waals surface area contributed by atoms with Crippen molar-refractivity contribution in [2.75, 3.05) is 13.1 Å². The summed E-state index contributed by atoms with van der Waals surface area (Å²) >= 11 is 5.88. The van der Waals surface area contributed by atoms with Crippen molar-refractivity contribution >= 4 is 36.4 Å². The van der Waals surface area contributed by atoms with Crippen LogP contribution in [0.2, 0.25) is 5.02 Å². The second kappa shape index (κ2) is 9.35. The van der Waals surface area contributed by atoms with Gasteiger partial charge in [-0.25, -0.2) is 0 Å². The number of aromatic hydroxyl groups is 2. The van der Waals surface area contributed by atoms with E-state index in [0.717, 1.165) is 42.2 Å². The van der Waals surface area contributed by atoms with E-state index in [-0.39, 0.29) is 42.4 Å². The molecule has 0 saturated carbocycles. The van der Waals surface area contributed by atoms with E-state index in [1.54, 1.807) is 12.1 Å². The lowest BCUT2D eigenvalue weighted by Gasteiger charge is -2.27. The highest BCUT2D eigenvalue weighted by molar-refractivity contribution is 6.30. The van der Waals surface area contributed by atoms with Crippen LogP contribution in [0.15, 0.2) is 36.4 Å². The third-order valence-corrected chi connectivity index (χ3v) is 4.24. The molecule has 1 atom stereocenters. The summed E-state index contributed by atoms with van der Waals surface area (Å²) in [6.07, 6.45) is 0.858. The summed E-state index contributed by atoms with van der Waals surface area (Å²) in [4.78, 5) is 0. The van der Waals surface area contributed by atoms with Crippen molar-refractivity contribution in [3.8, 4) is 11.5 Å². The molecule has 0 aromatic heterocycles. The summed E-state index contributed by atoms with van der Waals surface area (Å²) in [6, 6.07) is 11.2. The molecular formula is C17H21Cl3N2O2. The van der Waals surface area contributed by atoms with E-state index in [0.29, 0.717) is 0 Å². The zero-order chi connectivity index (χ0) is 15.5. The van der Waals surface area contributed by atoms with E-state index < -0.39 is 0 Å². The Bertz CT molecular complexity index is 666. The normalized spacial score (nSPS) is 15.8. The maximum absolute atomic E-state index is 9.71. The molecule has 0 saturated heterocycles. The Balaban J connectivity index is 0.00000144. The first-order chi connectivity index (χ1) is 10.6. The molecular weight excluding hydrogens is 371 g/mol. The molecule has 2 aromatic rings. The molecule has 1 heterocycles. The van der Waals surface area contributed by atoms with Crippen molar-refractivity contribution in [1.82, 2.24) is 10.6 Å². The zero-order valence-electron chi connectivity index (χ0n) is 13.0. The Hall–Kier alpha value is -1.17. The minimum atomic E-state index is -0.0647. The third kappa shape index (κ3) is 4.91. The first-order valence-electron chi connectivity index (χ1n) is 7.37. The average molecular weight is 392 g/mol. The van der Waals surface area contributed by atoms with E-state index in [1.807, 2.05) is 24.3 Å². The molecule has 132 valence electrons. The van der Waals surface area contributed by atoms with Crippen LogP contribution in [0.25, 0.3) is 0 Å². The smallest absolute Gasteiger partial charge is 0.157 e. The van der Waals surface area contributed by atoms with Gasteiger partial charge in [0.25, 0.3) is 0 Å². The molecule has 24 heavy (non-hydrogen) atoms. The topological polar surface area (TPSA) is 64.5 Å². The molecule has 1 unspecified atom stereocenters. The minimum Gasteiger partial charge on any atom is -0.504 e. The minimum absolute atomic E-state index is 0. The largest absolute Gasteiger partial charge is 0.504 e. The van der Waals surface area contributed by atoms with Gasteiger partial charge in [-0.15, -0.1) is 24.8 Å². The van der Waals surface area contributed by atoms with Crippen LogP contribution < -0.4 is 10.6 Å². The van der Waals surface area contributed by atoms with Crippen LogP contribution in [0.3, 0.4) is 0 Å². The Morgan fingerprint density at radius 3 is 2.46 bits per heavy atom. The number of hydrogen-bond acceptors (Lipinski definition) is 4. The summed E-state index contributed by atoms with van der Waals surface area (Å²) in [7, 11) is 0. The Kier molecular flexibility index (Phi) is 8.13. The van der Waals surface area contributed by atoms with Crippen LogP contribution in [0.4, 0.5) is 0 Å². The number of fused-ring (bicyclic) bond motifs is 1. The van der Waals surface area contributed by atoms with Gasteiger partial charge >= 0.3 is 0 Å². The number of benzene rings is 2. The lowest BCUT2D eigenvalue weighted by molar-refractivity contribution is 0.397. The van der Waals surface area contributed by atoms with Crippen molar-refractivity contribution in [3.05, 3.63) is 58.1 Å². The summed E-state index contributed by atoms with van der Waals surface area (Å²) in [6.45, 7) is 2.37. The predicted molar refractivity (Wildman–Crippen MR) is 102 cm³/mol. The fraction of sp³-hybridized carbons (Fsp3) is 0.294. The Labute approximate surface area is 159 Å². The summed E-state index contributed by atoms with van der Waals surface area (Å²) < 4.78 is 0. The molecule has 0 fully saturated rings. The standard InChI is InChI=1S/C17H19ClN2O2.2ClH/c18-13-3-1-11(2-4-13)9-19-10-15-14-8-17(22)16(21)7-12(14)5-6-20-15;;/h1-4,7-8,15,19-22H,5-6,9-10H2;2*1H. The van der Waals surface area contributed by atoms with Gasteiger partial charge in [-0.3, -0.25) is 0 Å². The predicted octanol–water partition coefficient (Wildman–Crippen LogP) is 3.57. The van der Waals surface area contributed by atoms with Crippen molar-refractivity contribution in [1.29, 1.82) is 0 Å². The maximum Gasteiger partial charge on any atom is 0.157 e. The number of phenols is 2. The number of nitrogens with one attached hydrogen (secondary N) is 2. The monoisotopic (exact) mass is 390 g/mol. The van der Waals surface area contributed by atoms with Crippen LogP contribution in [0, 0.1) is 0 Å². The fourth-order valence-electron chi connectivity index (χ4n) is 2.81. The van der Waals surface area contributed by atoms with Crippen molar-refractivity contribution in [2.45, 2.75) is 19.0 Å². The van der Waals surface area contributed by atoms with E-state index >= 15 is 0 Å². The van der Waals surface area contributed by atoms with E-state index in [9.17, 15) is 10.2 Å². The number of halogens is 3. The number of rotatable bonds is 4. The van der Waals surface area contributed by atoms with Gasteiger partial charge in [0, 0.05) is 24.2 Å². The molecule has 2 aromatic carbocycles. The van der Waals surface area contributed by atoms with Gasteiger partial charge in [0.05, 0.1) is 0 Å². The molecule has 0 amide bonds. The second-order valence-electron chi connectivity index (χ2n) is 5.55. The first kappa shape index (κ1) is 20.9. The van der Waals surface area contributed by atoms with Gasteiger partial charge in [0.2, 0.25) is 0 Å². The van der Waals surface area contributed by atoms with Crippen LogP contribution in [-0.2, 0) is 13.0 Å². The summed E-state index contributed by atoms with van der Waals surface area (Å²) in [5.74, 6) is -0.112. The first-order valence-corrected chi connectivity index (χ1v) is 7.74. The SMILES string of the molecule is Cl.Cl.Oc1cc2c(cc1O)C(CNCc1ccc(Cl)cc1)NCC2. The molecule has 0 aliphatic carbocycles. The van der Waals surface area contributed by atoms with Gasteiger partial charge < -0.3 is 20.8 Å². The summed E-state index contributed by atoms with van der Waals surface area (Å²) in [5.41, 5.74) is 3.31. The molecule has 7 heteroatoms. The fourth-order valence-corrected chi connectivity index (χ4v) is 2.94. The van der Waals surface area contributed by atoms with Crippen LogP contribution >= 0.6 is 36.4 Å². The van der Waals surface area contributed by atoms with Crippen LogP contribution in [0.1, 0.15) is 22.7 Å². The van der Waals surface area contributed by atoms with Crippen molar-refractivity contribution < 1.29 is 10.2 Å². The Morgan fingerprint density at radius 2 is 1.75 bits per heavy atom. The number of phenolic OH excluding ortho intramolecular Hbond substituents is 2. The molecule has 1 aliphatic heterocycles. The van der Waals surface area contributed by atoms with Gasteiger partial charge in [0.15, 0.2) is 11.5 Å². The van der Waals surface area contributed by atoms with E-state index in [2.05, 4.69) is 10.6 Å². The third-order valence-electron chi connectivity index (χ3n) is 3.99. The molecule has 0 bridgehead atoms. The Morgan fingerprint density at radius 1 is 1.08 bits per heavy atom. The van der Waals surface area contributed by atoms with Gasteiger partial charge in [0.1, 0.15) is 0 Å². The quantitative estimate of drug-likeness (QED) is 0.602. The van der Waals surface area contributed by atoms with Gasteiger partial charge in [-0.05, 0) is 53.9 Å². The molecule has 1 aliphatic rings. The van der Waals surface area contributed by atoms with Crippen LogP contribution in [0.5, 0.6) is 11.5 Å². The van der Waals surface area contributed by atoms with Gasteiger partial charge in [-0.2, -0.15) is 0 Å². The molecule has 0 radical (unpaired) electrons. The lowest BCUT2D eigenvalue weighted by atomic mass is 9.93. The van der Waals surface area contributed by atoms with E-state index in [1.165, 1.54) is 5.56 Å². The second-order valence-corrected chi connectivity index (χ2v) is 5.99. The summed E-state index contributed by atoms with van der Waals surface area (Å²) in [5, 5.41) is 26.9. The highest BCUT2D eigenvalue weighted by Crippen LogP contribution is 2.33. The molecule has 3 rings (SSSR count). The van der Waals surface area contributed by atoms with E-state index in [4.69, 9.17) is 11.6 Å². The highest BCUT2D eigenvalue weighted by atomic mass is 35.5. The molecule has 4 N–H and O–H groups in total. The maximum atomic E-state index is 9.71. The zero-order valence-corrected chi connectivity index (χ0v) is 15.3. The van der Waals surface area contributed by atoms with Crippen molar-refractivity contribution in [3.63, 3.8) is 0 Å². The van der Waals surface area contributed by atoms with Crippen molar-refractivity contribution in [2.24, 2.45) is 0 Å². The highest BCUT2D eigenvalue weighted by Gasteiger charge is 2.21. The number of hydrogen-bond donors (Lipinski definition) is 4. The van der Waals surface area contributed by atoms with Gasteiger partial charge in [-0.1, -0.05) is 23.7 Å². The molecule has 4 nitrogen and oxygen atoms in total. The molecule has 0 spiro atoms. The van der Waals surface area contributed by atoms with Crippen LogP contribution in [-0.4, -0.2) is 23.3 Å². The lowest BCUT2D eigenvalue weighted by Crippen LogP contribution is -2.36. The average Bonchev–Trinajstić information content (AvgIpc) is 2.51.